The normalized spacial score (nSPS) is 11.9. The Kier molecular flexibility index (Phi) is 4.72. The van der Waals surface area contributed by atoms with Crippen molar-refractivity contribution in [3.8, 4) is 5.75 Å². The van der Waals surface area contributed by atoms with E-state index in [0.717, 1.165) is 6.42 Å². The zero-order valence-corrected chi connectivity index (χ0v) is 9.07. The van der Waals surface area contributed by atoms with Crippen LogP contribution in [0.5, 0.6) is 5.75 Å². The summed E-state index contributed by atoms with van der Waals surface area (Å²) in [6.45, 7) is 1.94. The molecule has 0 fully saturated rings. The number of amides is 1. The predicted octanol–water partition coefficient (Wildman–Crippen LogP) is 1.36. The van der Waals surface area contributed by atoms with E-state index in [1.807, 2.05) is 12.3 Å². The highest BCUT2D eigenvalue weighted by atomic mass is 19.1. The summed E-state index contributed by atoms with van der Waals surface area (Å²) in [5.74, 6) is 4.76. The molecule has 1 aromatic carbocycles. The number of halogens is 1. The average Bonchev–Trinajstić information content (AvgIpc) is 2.30. The third kappa shape index (κ3) is 3.51. The van der Waals surface area contributed by atoms with Gasteiger partial charge in [-0.25, -0.2) is 10.2 Å². The van der Waals surface area contributed by atoms with Gasteiger partial charge in [-0.15, -0.1) is 0 Å². The topological polar surface area (TPSA) is 64.3 Å². The number of carbonyl (C=O) groups is 1. The molecule has 1 aromatic rings. The second kappa shape index (κ2) is 6.07. The lowest BCUT2D eigenvalue weighted by atomic mass is 10.2. The van der Waals surface area contributed by atoms with E-state index >= 15 is 0 Å². The molecule has 0 saturated carbocycles. The molecule has 1 unspecified atom stereocenters. The van der Waals surface area contributed by atoms with E-state index in [1.54, 1.807) is 0 Å². The lowest BCUT2D eigenvalue weighted by molar-refractivity contribution is -0.128. The Labute approximate surface area is 93.6 Å². The number of hydrogen-bond acceptors (Lipinski definition) is 3. The first-order valence-corrected chi connectivity index (χ1v) is 5.10. The molecule has 88 valence electrons. The van der Waals surface area contributed by atoms with Gasteiger partial charge in [0.05, 0.1) is 0 Å². The third-order valence-corrected chi connectivity index (χ3v) is 2.08. The zero-order chi connectivity index (χ0) is 12.0. The molecule has 0 aliphatic carbocycles. The summed E-state index contributed by atoms with van der Waals surface area (Å²) < 4.78 is 18.0. The maximum atomic E-state index is 12.6. The Morgan fingerprint density at radius 1 is 1.50 bits per heavy atom. The summed E-state index contributed by atoms with van der Waals surface area (Å²) in [4.78, 5) is 11.3. The van der Waals surface area contributed by atoms with Gasteiger partial charge in [0, 0.05) is 0 Å². The molecule has 3 N–H and O–H groups in total. The van der Waals surface area contributed by atoms with Crippen LogP contribution in [0.25, 0.3) is 0 Å². The Bertz CT molecular complexity index is 340. The molecule has 5 heteroatoms. The van der Waals surface area contributed by atoms with Gasteiger partial charge in [0.2, 0.25) is 0 Å². The minimum absolute atomic E-state index is 0.345. The molecule has 0 bridgehead atoms. The SMILES string of the molecule is CCCC(Oc1ccc(F)cc1)C(=O)NN. The molecule has 1 amide bonds. The van der Waals surface area contributed by atoms with Crippen molar-refractivity contribution in [3.63, 3.8) is 0 Å². The van der Waals surface area contributed by atoms with E-state index in [1.165, 1.54) is 24.3 Å². The highest BCUT2D eigenvalue weighted by Gasteiger charge is 2.18. The van der Waals surface area contributed by atoms with Crippen LogP contribution in [0, 0.1) is 5.82 Å². The van der Waals surface area contributed by atoms with E-state index < -0.39 is 6.10 Å². The van der Waals surface area contributed by atoms with Gasteiger partial charge in [0.15, 0.2) is 6.10 Å². The van der Waals surface area contributed by atoms with Gasteiger partial charge in [-0.2, -0.15) is 0 Å². The maximum absolute atomic E-state index is 12.6. The largest absolute Gasteiger partial charge is 0.481 e. The van der Waals surface area contributed by atoms with Gasteiger partial charge in [0.1, 0.15) is 11.6 Å². The number of nitrogens with two attached hydrogens (primary N) is 1. The van der Waals surface area contributed by atoms with E-state index in [-0.39, 0.29) is 11.7 Å². The summed E-state index contributed by atoms with van der Waals surface area (Å²) in [6, 6.07) is 5.50. The Morgan fingerprint density at radius 3 is 2.62 bits per heavy atom. The van der Waals surface area contributed by atoms with Crippen molar-refractivity contribution in [1.82, 2.24) is 5.43 Å². The van der Waals surface area contributed by atoms with Gasteiger partial charge < -0.3 is 4.74 Å². The Balaban J connectivity index is 2.67. The van der Waals surface area contributed by atoms with Crippen molar-refractivity contribution in [2.45, 2.75) is 25.9 Å². The van der Waals surface area contributed by atoms with E-state index in [2.05, 4.69) is 0 Å². The number of nitrogens with one attached hydrogen (secondary N) is 1. The monoisotopic (exact) mass is 226 g/mol. The standard InChI is InChI=1S/C11H15FN2O2/c1-2-3-10(11(15)14-13)16-9-6-4-8(12)5-7-9/h4-7,10H,2-3,13H2,1H3,(H,14,15). The van der Waals surface area contributed by atoms with Crippen LogP contribution in [-0.4, -0.2) is 12.0 Å². The first kappa shape index (κ1) is 12.4. The number of hydrazine groups is 1. The summed E-state index contributed by atoms with van der Waals surface area (Å²) in [7, 11) is 0. The van der Waals surface area contributed by atoms with Gasteiger partial charge in [0.25, 0.3) is 5.91 Å². The van der Waals surface area contributed by atoms with Crippen molar-refractivity contribution in [3.05, 3.63) is 30.1 Å². The number of rotatable bonds is 5. The number of ether oxygens (including phenoxy) is 1. The Hall–Kier alpha value is -1.62. The van der Waals surface area contributed by atoms with Crippen LogP contribution in [0.3, 0.4) is 0 Å². The maximum Gasteiger partial charge on any atom is 0.274 e. The molecule has 0 aromatic heterocycles. The van der Waals surface area contributed by atoms with E-state index in [4.69, 9.17) is 10.6 Å². The van der Waals surface area contributed by atoms with Gasteiger partial charge in [-0.1, -0.05) is 13.3 Å². The molecular weight excluding hydrogens is 211 g/mol. The number of benzene rings is 1. The lowest BCUT2D eigenvalue weighted by Crippen LogP contribution is -2.42. The fraction of sp³-hybridized carbons (Fsp3) is 0.364. The van der Waals surface area contributed by atoms with Crippen LogP contribution in [0.2, 0.25) is 0 Å². The molecule has 16 heavy (non-hydrogen) atoms. The highest BCUT2D eigenvalue weighted by molar-refractivity contribution is 5.80. The fourth-order valence-electron chi connectivity index (χ4n) is 1.28. The molecule has 0 aliphatic rings. The van der Waals surface area contributed by atoms with Crippen LogP contribution in [-0.2, 0) is 4.79 Å². The minimum atomic E-state index is -0.638. The molecule has 0 heterocycles. The van der Waals surface area contributed by atoms with E-state index in [0.29, 0.717) is 12.2 Å². The smallest absolute Gasteiger partial charge is 0.274 e. The first-order chi connectivity index (χ1) is 7.67. The summed E-state index contributed by atoms with van der Waals surface area (Å²) in [5.41, 5.74) is 2.04. The van der Waals surface area contributed by atoms with Crippen LogP contribution in [0.1, 0.15) is 19.8 Å². The second-order valence-electron chi connectivity index (χ2n) is 3.36. The summed E-state index contributed by atoms with van der Waals surface area (Å²) in [6.07, 6.45) is 0.708. The van der Waals surface area contributed by atoms with Crippen LogP contribution >= 0.6 is 0 Å². The van der Waals surface area contributed by atoms with Crippen molar-refractivity contribution in [2.24, 2.45) is 5.84 Å². The molecule has 0 aliphatic heterocycles. The zero-order valence-electron chi connectivity index (χ0n) is 9.07. The minimum Gasteiger partial charge on any atom is -0.481 e. The number of carbonyl (C=O) groups excluding carboxylic acids is 1. The quantitative estimate of drug-likeness (QED) is 0.452. The first-order valence-electron chi connectivity index (χ1n) is 5.10. The molecule has 4 nitrogen and oxygen atoms in total. The van der Waals surface area contributed by atoms with Crippen LogP contribution in [0.15, 0.2) is 24.3 Å². The fourth-order valence-corrected chi connectivity index (χ4v) is 1.28. The van der Waals surface area contributed by atoms with Crippen LogP contribution < -0.4 is 16.0 Å². The molecule has 0 spiro atoms. The molecule has 0 saturated heterocycles. The molecule has 0 radical (unpaired) electrons. The molecular formula is C11H15FN2O2. The third-order valence-electron chi connectivity index (χ3n) is 2.08. The van der Waals surface area contributed by atoms with Crippen molar-refractivity contribution >= 4 is 5.91 Å². The number of hydrogen-bond donors (Lipinski definition) is 2. The lowest BCUT2D eigenvalue weighted by Gasteiger charge is -2.16. The van der Waals surface area contributed by atoms with Crippen molar-refractivity contribution in [2.75, 3.05) is 0 Å². The van der Waals surface area contributed by atoms with Crippen molar-refractivity contribution in [1.29, 1.82) is 0 Å². The average molecular weight is 226 g/mol. The van der Waals surface area contributed by atoms with Gasteiger partial charge in [-0.3, -0.25) is 10.2 Å². The Morgan fingerprint density at radius 2 is 2.12 bits per heavy atom. The molecule has 1 atom stereocenters. The highest BCUT2D eigenvalue weighted by Crippen LogP contribution is 2.15. The predicted molar refractivity (Wildman–Crippen MR) is 58.1 cm³/mol. The van der Waals surface area contributed by atoms with Crippen molar-refractivity contribution < 1.29 is 13.9 Å². The van der Waals surface area contributed by atoms with E-state index in [9.17, 15) is 9.18 Å². The van der Waals surface area contributed by atoms with Crippen LogP contribution in [0.4, 0.5) is 4.39 Å². The molecule has 1 rings (SSSR count). The summed E-state index contributed by atoms with van der Waals surface area (Å²) >= 11 is 0. The summed E-state index contributed by atoms with van der Waals surface area (Å²) in [5, 5.41) is 0. The van der Waals surface area contributed by atoms with Gasteiger partial charge >= 0.3 is 0 Å². The second-order valence-corrected chi connectivity index (χ2v) is 3.36. The van der Waals surface area contributed by atoms with Gasteiger partial charge in [-0.05, 0) is 30.7 Å².